The molecular formula is C24H27I3NO6+. The van der Waals surface area contributed by atoms with Crippen LogP contribution >= 0.6 is 67.8 Å². The third-order valence-electron chi connectivity index (χ3n) is 8.06. The van der Waals surface area contributed by atoms with Crippen molar-refractivity contribution in [3.8, 4) is 0 Å². The van der Waals surface area contributed by atoms with Gasteiger partial charge in [-0.25, -0.2) is 4.79 Å². The summed E-state index contributed by atoms with van der Waals surface area (Å²) in [5.74, 6) is -2.35. The molecule has 4 aliphatic rings. The van der Waals surface area contributed by atoms with E-state index in [1.165, 1.54) is 0 Å². The zero-order valence-electron chi connectivity index (χ0n) is 18.9. The Morgan fingerprint density at radius 2 is 1.82 bits per heavy atom. The number of halogens is 3. The van der Waals surface area contributed by atoms with Crippen molar-refractivity contribution in [1.82, 2.24) is 0 Å². The Morgan fingerprint density at radius 1 is 1.12 bits per heavy atom. The number of hydrogen-bond donors (Lipinski definition) is 1. The van der Waals surface area contributed by atoms with Gasteiger partial charge in [-0.05, 0) is 100 Å². The van der Waals surface area contributed by atoms with E-state index in [2.05, 4.69) is 73.1 Å². The fourth-order valence-corrected chi connectivity index (χ4v) is 8.77. The first-order valence-corrected chi connectivity index (χ1v) is 14.9. The van der Waals surface area contributed by atoms with E-state index < -0.39 is 35.6 Å². The summed E-state index contributed by atoms with van der Waals surface area (Å²) in [6, 6.07) is 3.80. The number of piperidine rings is 1. The third-order valence-corrected chi connectivity index (χ3v) is 11.7. The predicted molar refractivity (Wildman–Crippen MR) is 147 cm³/mol. The topological polar surface area (TPSA) is 95.5 Å². The van der Waals surface area contributed by atoms with Crippen LogP contribution in [0.1, 0.15) is 43.5 Å². The van der Waals surface area contributed by atoms with Gasteiger partial charge in [-0.1, -0.05) is 0 Å². The second-order valence-corrected chi connectivity index (χ2v) is 13.8. The number of benzene rings is 1. The first-order chi connectivity index (χ1) is 16.1. The van der Waals surface area contributed by atoms with Gasteiger partial charge >= 0.3 is 17.9 Å². The van der Waals surface area contributed by atoms with E-state index in [0.717, 1.165) is 36.6 Å². The molecule has 5 rings (SSSR count). The fourth-order valence-electron chi connectivity index (χ4n) is 6.39. The summed E-state index contributed by atoms with van der Waals surface area (Å²) in [5, 5.41) is 2.29. The van der Waals surface area contributed by atoms with Gasteiger partial charge in [0.05, 0.1) is 30.5 Å². The number of ether oxygens (including phenoxy) is 3. The summed E-state index contributed by atoms with van der Waals surface area (Å²) in [6.45, 7) is 6.01. The van der Waals surface area contributed by atoms with E-state index in [9.17, 15) is 14.4 Å². The Kier molecular flexibility index (Phi) is 7.17. The summed E-state index contributed by atoms with van der Waals surface area (Å²) in [6.07, 6.45) is 1.53. The van der Waals surface area contributed by atoms with E-state index in [4.69, 9.17) is 14.2 Å². The van der Waals surface area contributed by atoms with Gasteiger partial charge in [0.2, 0.25) is 0 Å². The number of fused-ring (bicyclic) bond motifs is 1. The lowest BCUT2D eigenvalue weighted by Gasteiger charge is -2.38. The third kappa shape index (κ3) is 4.39. The molecule has 0 amide bonds. The van der Waals surface area contributed by atoms with Crippen LogP contribution in [0.25, 0.3) is 0 Å². The van der Waals surface area contributed by atoms with Crippen molar-refractivity contribution in [3.05, 3.63) is 28.4 Å². The number of carbonyl (C=O) groups is 3. The van der Waals surface area contributed by atoms with Gasteiger partial charge in [-0.2, -0.15) is 0 Å². The molecule has 6 unspecified atom stereocenters. The molecule has 2 bridgehead atoms. The van der Waals surface area contributed by atoms with Gasteiger partial charge in [-0.15, -0.1) is 0 Å². The van der Waals surface area contributed by atoms with Crippen LogP contribution in [0.4, 0.5) is 0 Å². The molecule has 10 heteroatoms. The highest BCUT2D eigenvalue weighted by Gasteiger charge is 2.70. The first kappa shape index (κ1) is 25.4. The SMILES string of the molecule is CC(C)(OC(=O)C1C2CC3C(OC(=O)C31)C2OC(=O)c1cc(I)cc(I)c1I)C1CC[NH2+]CC1. The van der Waals surface area contributed by atoms with Crippen LogP contribution in [-0.2, 0) is 23.8 Å². The number of hydrogen-bond acceptors (Lipinski definition) is 6. The minimum absolute atomic E-state index is 0.102. The summed E-state index contributed by atoms with van der Waals surface area (Å²) in [5.41, 5.74) is -0.107. The van der Waals surface area contributed by atoms with Gasteiger partial charge in [0.1, 0.15) is 17.8 Å². The lowest BCUT2D eigenvalue weighted by Crippen LogP contribution is -2.86. The highest BCUT2D eigenvalue weighted by molar-refractivity contribution is 14.1. The molecule has 184 valence electrons. The van der Waals surface area contributed by atoms with E-state index in [1.54, 1.807) is 6.07 Å². The molecule has 1 aromatic carbocycles. The lowest BCUT2D eigenvalue weighted by atomic mass is 9.78. The van der Waals surface area contributed by atoms with Gasteiger partial charge in [-0.3, -0.25) is 9.59 Å². The molecule has 2 heterocycles. The molecule has 0 spiro atoms. The summed E-state index contributed by atoms with van der Waals surface area (Å²) >= 11 is 6.53. The minimum Gasteiger partial charge on any atom is -0.459 e. The predicted octanol–water partition coefficient (Wildman–Crippen LogP) is 3.13. The Morgan fingerprint density at radius 3 is 2.53 bits per heavy atom. The normalized spacial score (nSPS) is 32.6. The number of nitrogens with two attached hydrogens (primary N) is 1. The molecular weight excluding hydrogens is 779 g/mol. The average Bonchev–Trinajstić information content (AvgIpc) is 3.40. The van der Waals surface area contributed by atoms with Crippen LogP contribution in [0.5, 0.6) is 0 Å². The van der Waals surface area contributed by atoms with Gasteiger partial charge in [0.25, 0.3) is 0 Å². The lowest BCUT2D eigenvalue weighted by molar-refractivity contribution is -0.665. The Labute approximate surface area is 239 Å². The number of rotatable bonds is 5. The number of esters is 3. The van der Waals surface area contributed by atoms with Crippen LogP contribution in [0.2, 0.25) is 0 Å². The maximum atomic E-state index is 13.5. The smallest absolute Gasteiger partial charge is 0.339 e. The van der Waals surface area contributed by atoms with E-state index in [1.807, 2.05) is 19.9 Å². The standard InChI is InChI=1S/C24H26I3NO6/c1-24(2,10-3-5-28-6-4-10)34-23(31)17-13-9-12-16(17)22(30)33-20(12)19(13)32-21(29)14-7-11(25)8-15(26)18(14)27/h7-8,10,12-13,16-17,19-20,28H,3-6,9H2,1-2H3/p+1. The molecule has 1 aromatic rings. The minimum atomic E-state index is -0.628. The molecule has 7 nitrogen and oxygen atoms in total. The first-order valence-electron chi connectivity index (χ1n) is 11.7. The van der Waals surface area contributed by atoms with Crippen molar-refractivity contribution >= 4 is 85.7 Å². The van der Waals surface area contributed by atoms with Gasteiger partial charge in [0, 0.05) is 41.3 Å². The molecule has 0 aromatic heterocycles. The Balaban J connectivity index is 1.36. The molecule has 2 saturated carbocycles. The van der Waals surface area contributed by atoms with Crippen molar-refractivity contribution in [1.29, 1.82) is 0 Å². The maximum absolute atomic E-state index is 13.5. The molecule has 6 atom stereocenters. The highest BCUT2D eigenvalue weighted by Crippen LogP contribution is 2.59. The van der Waals surface area contributed by atoms with Crippen LogP contribution in [0, 0.1) is 40.3 Å². The molecule has 2 aliphatic carbocycles. The molecule has 2 aliphatic heterocycles. The highest BCUT2D eigenvalue weighted by atomic mass is 127. The number of quaternary nitrogens is 1. The van der Waals surface area contributed by atoms with Crippen molar-refractivity contribution < 1.29 is 33.9 Å². The van der Waals surface area contributed by atoms with Crippen LogP contribution in [-0.4, -0.2) is 48.8 Å². The fraction of sp³-hybridized carbons (Fsp3) is 0.625. The largest absolute Gasteiger partial charge is 0.459 e. The molecule has 4 fully saturated rings. The number of carbonyl (C=O) groups excluding carboxylic acids is 3. The van der Waals surface area contributed by atoms with Crippen LogP contribution in [0.3, 0.4) is 0 Å². The average molecular weight is 806 g/mol. The summed E-state index contributed by atoms with van der Waals surface area (Å²) < 4.78 is 20.5. The Bertz CT molecular complexity index is 1040. The van der Waals surface area contributed by atoms with Crippen LogP contribution in [0.15, 0.2) is 12.1 Å². The quantitative estimate of drug-likeness (QED) is 0.213. The van der Waals surface area contributed by atoms with Crippen molar-refractivity contribution in [2.24, 2.45) is 29.6 Å². The second-order valence-electron chi connectivity index (χ2n) is 10.3. The van der Waals surface area contributed by atoms with E-state index in [-0.39, 0.29) is 23.8 Å². The maximum Gasteiger partial charge on any atom is 0.339 e. The zero-order chi connectivity index (χ0) is 24.4. The van der Waals surface area contributed by atoms with E-state index in [0.29, 0.717) is 17.9 Å². The van der Waals surface area contributed by atoms with Crippen molar-refractivity contribution in [3.63, 3.8) is 0 Å². The monoisotopic (exact) mass is 806 g/mol. The molecule has 34 heavy (non-hydrogen) atoms. The summed E-state index contributed by atoms with van der Waals surface area (Å²) in [7, 11) is 0. The second kappa shape index (κ2) is 9.58. The van der Waals surface area contributed by atoms with Gasteiger partial charge < -0.3 is 19.5 Å². The van der Waals surface area contributed by atoms with Crippen LogP contribution < -0.4 is 5.32 Å². The van der Waals surface area contributed by atoms with Crippen molar-refractivity contribution in [2.75, 3.05) is 13.1 Å². The van der Waals surface area contributed by atoms with Crippen molar-refractivity contribution in [2.45, 2.75) is 50.9 Å². The molecule has 2 N–H and O–H groups in total. The molecule has 0 radical (unpaired) electrons. The Hall–Kier alpha value is -0.220. The summed E-state index contributed by atoms with van der Waals surface area (Å²) in [4.78, 5) is 39.4. The molecule has 2 saturated heterocycles. The van der Waals surface area contributed by atoms with Gasteiger partial charge in [0.15, 0.2) is 0 Å². The zero-order valence-corrected chi connectivity index (χ0v) is 25.4. The van der Waals surface area contributed by atoms with E-state index >= 15 is 0 Å².